The number of amides is 2. The summed E-state index contributed by atoms with van der Waals surface area (Å²) in [6, 6.07) is 6.86. The first-order chi connectivity index (χ1) is 11.3. The van der Waals surface area contributed by atoms with Crippen LogP contribution in [-0.4, -0.2) is 55.3 Å². The van der Waals surface area contributed by atoms with Crippen molar-refractivity contribution in [1.82, 2.24) is 9.21 Å². The van der Waals surface area contributed by atoms with Crippen molar-refractivity contribution in [1.29, 1.82) is 0 Å². The maximum Gasteiger partial charge on any atom is 0.261 e. The second-order valence-corrected chi connectivity index (χ2v) is 9.16. The zero-order chi connectivity index (χ0) is 17.5. The van der Waals surface area contributed by atoms with Crippen molar-refractivity contribution in [2.24, 2.45) is 5.92 Å². The third-order valence-electron chi connectivity index (χ3n) is 5.04. The highest BCUT2D eigenvalue weighted by Gasteiger charge is 2.38. The molecule has 2 amide bonds. The Morgan fingerprint density at radius 1 is 1.00 bits per heavy atom. The lowest BCUT2D eigenvalue weighted by atomic mass is 9.88. The Hall–Kier alpha value is -1.73. The molecule has 7 heteroatoms. The van der Waals surface area contributed by atoms with Gasteiger partial charge in [-0.2, -0.15) is 0 Å². The van der Waals surface area contributed by atoms with Crippen molar-refractivity contribution >= 4 is 21.8 Å². The Kier molecular flexibility index (Phi) is 4.48. The summed E-state index contributed by atoms with van der Waals surface area (Å²) in [5, 5.41) is -0.356. The number of carbonyl (C=O) groups excluding carboxylic acids is 2. The highest BCUT2D eigenvalue weighted by atomic mass is 32.2. The van der Waals surface area contributed by atoms with Gasteiger partial charge in [0.15, 0.2) is 0 Å². The number of nitrogens with zero attached hydrogens (tertiary/aromatic N) is 2. The van der Waals surface area contributed by atoms with Gasteiger partial charge in [0.2, 0.25) is 10.0 Å². The number of rotatable bonds is 4. The molecule has 130 valence electrons. The predicted molar refractivity (Wildman–Crippen MR) is 90.2 cm³/mol. The Bertz CT molecular complexity index is 730. The number of imide groups is 1. The van der Waals surface area contributed by atoms with Crippen LogP contribution in [0.25, 0.3) is 0 Å². The molecule has 1 saturated carbocycles. The molecule has 0 unspecified atom stereocenters. The summed E-state index contributed by atoms with van der Waals surface area (Å²) in [5.41, 5.74) is 0.928. The Morgan fingerprint density at radius 2 is 1.50 bits per heavy atom. The summed E-state index contributed by atoms with van der Waals surface area (Å²) < 4.78 is 25.7. The zero-order valence-corrected chi connectivity index (χ0v) is 14.8. The van der Waals surface area contributed by atoms with E-state index in [2.05, 4.69) is 0 Å². The van der Waals surface area contributed by atoms with Gasteiger partial charge in [-0.3, -0.25) is 14.5 Å². The van der Waals surface area contributed by atoms with Crippen LogP contribution in [0.3, 0.4) is 0 Å². The molecule has 0 radical (unpaired) electrons. The summed E-state index contributed by atoms with van der Waals surface area (Å²) in [5.74, 6) is -0.307. The predicted octanol–water partition coefficient (Wildman–Crippen LogP) is 1.73. The van der Waals surface area contributed by atoms with E-state index in [1.165, 1.54) is 9.21 Å². The molecule has 24 heavy (non-hydrogen) atoms. The average molecular weight is 350 g/mol. The van der Waals surface area contributed by atoms with Gasteiger partial charge in [0.05, 0.1) is 16.4 Å². The van der Waals surface area contributed by atoms with Crippen LogP contribution in [0.15, 0.2) is 24.3 Å². The lowest BCUT2D eigenvalue weighted by Gasteiger charge is -2.31. The minimum absolute atomic E-state index is 0.167. The molecule has 1 fully saturated rings. The SMILES string of the molecule is CN(C)S(=O)(=O)C1CCC(CN2C(=O)c3ccccc3C2=O)CC1. The lowest BCUT2D eigenvalue weighted by molar-refractivity contribution is 0.0617. The van der Waals surface area contributed by atoms with Crippen LogP contribution in [0.1, 0.15) is 46.4 Å². The summed E-state index contributed by atoms with van der Waals surface area (Å²) in [7, 11) is -0.118. The van der Waals surface area contributed by atoms with Gasteiger partial charge < -0.3 is 0 Å². The first-order valence-corrected chi connectivity index (χ1v) is 9.69. The van der Waals surface area contributed by atoms with Gasteiger partial charge in [0.25, 0.3) is 11.8 Å². The molecule has 1 heterocycles. The third-order valence-corrected chi connectivity index (χ3v) is 7.37. The molecule has 1 aromatic rings. The van der Waals surface area contributed by atoms with Crippen LogP contribution in [0.5, 0.6) is 0 Å². The van der Waals surface area contributed by atoms with E-state index in [0.29, 0.717) is 43.4 Å². The van der Waals surface area contributed by atoms with Crippen molar-refractivity contribution in [3.63, 3.8) is 0 Å². The van der Waals surface area contributed by atoms with E-state index < -0.39 is 10.0 Å². The Morgan fingerprint density at radius 3 is 1.96 bits per heavy atom. The first kappa shape index (κ1) is 17.1. The second kappa shape index (κ2) is 6.29. The number of fused-ring (bicyclic) bond motifs is 1. The van der Waals surface area contributed by atoms with Gasteiger partial charge in [0, 0.05) is 20.6 Å². The van der Waals surface area contributed by atoms with E-state index in [9.17, 15) is 18.0 Å². The third kappa shape index (κ3) is 2.86. The van der Waals surface area contributed by atoms with Crippen LogP contribution in [0.2, 0.25) is 0 Å². The van der Waals surface area contributed by atoms with Crippen LogP contribution in [-0.2, 0) is 10.0 Å². The Labute approximate surface area is 142 Å². The minimum Gasteiger partial charge on any atom is -0.274 e. The zero-order valence-electron chi connectivity index (χ0n) is 13.9. The highest BCUT2D eigenvalue weighted by Crippen LogP contribution is 2.32. The highest BCUT2D eigenvalue weighted by molar-refractivity contribution is 7.89. The quantitative estimate of drug-likeness (QED) is 0.775. The number of hydrogen-bond acceptors (Lipinski definition) is 4. The number of carbonyl (C=O) groups is 2. The molecular formula is C17H22N2O4S. The maximum atomic E-state index is 12.4. The van der Waals surface area contributed by atoms with E-state index in [0.717, 1.165) is 0 Å². The van der Waals surface area contributed by atoms with E-state index in [-0.39, 0.29) is 23.0 Å². The van der Waals surface area contributed by atoms with E-state index >= 15 is 0 Å². The molecule has 3 rings (SSSR count). The van der Waals surface area contributed by atoms with Gasteiger partial charge in [-0.15, -0.1) is 0 Å². The molecule has 1 aliphatic heterocycles. The van der Waals surface area contributed by atoms with Gasteiger partial charge in [-0.1, -0.05) is 12.1 Å². The minimum atomic E-state index is -3.23. The smallest absolute Gasteiger partial charge is 0.261 e. The number of benzene rings is 1. The van der Waals surface area contributed by atoms with Crippen LogP contribution in [0, 0.1) is 5.92 Å². The molecule has 0 spiro atoms. The topological polar surface area (TPSA) is 74.8 Å². The number of hydrogen-bond donors (Lipinski definition) is 0. The van der Waals surface area contributed by atoms with Crippen molar-refractivity contribution < 1.29 is 18.0 Å². The summed E-state index contributed by atoms with van der Waals surface area (Å²) in [6.07, 6.45) is 2.58. The van der Waals surface area contributed by atoms with E-state index in [1.807, 2.05) is 0 Å². The Balaban J connectivity index is 1.64. The van der Waals surface area contributed by atoms with Gasteiger partial charge in [-0.25, -0.2) is 12.7 Å². The summed E-state index contributed by atoms with van der Waals surface area (Å²) >= 11 is 0. The molecule has 0 aromatic heterocycles. The maximum absolute atomic E-state index is 12.4. The average Bonchev–Trinajstić information content (AvgIpc) is 2.81. The fraction of sp³-hybridized carbons (Fsp3) is 0.529. The molecular weight excluding hydrogens is 328 g/mol. The summed E-state index contributed by atoms with van der Waals surface area (Å²) in [4.78, 5) is 26.1. The molecule has 0 saturated heterocycles. The van der Waals surface area contributed by atoms with Crippen molar-refractivity contribution in [2.45, 2.75) is 30.9 Å². The molecule has 1 aliphatic carbocycles. The van der Waals surface area contributed by atoms with Gasteiger partial charge in [0.1, 0.15) is 0 Å². The van der Waals surface area contributed by atoms with Crippen molar-refractivity contribution in [3.8, 4) is 0 Å². The fourth-order valence-corrected chi connectivity index (χ4v) is 5.04. The lowest BCUT2D eigenvalue weighted by Crippen LogP contribution is -2.39. The monoisotopic (exact) mass is 350 g/mol. The number of sulfonamides is 1. The molecule has 6 nitrogen and oxygen atoms in total. The van der Waals surface area contributed by atoms with Crippen LogP contribution in [0.4, 0.5) is 0 Å². The van der Waals surface area contributed by atoms with Gasteiger partial charge >= 0.3 is 0 Å². The normalized spacial score (nSPS) is 24.5. The largest absolute Gasteiger partial charge is 0.274 e. The molecule has 0 N–H and O–H groups in total. The first-order valence-electron chi connectivity index (χ1n) is 8.19. The summed E-state index contributed by atoms with van der Waals surface area (Å²) in [6.45, 7) is 0.376. The van der Waals surface area contributed by atoms with Crippen molar-refractivity contribution in [3.05, 3.63) is 35.4 Å². The van der Waals surface area contributed by atoms with Crippen molar-refractivity contribution in [2.75, 3.05) is 20.6 Å². The van der Waals surface area contributed by atoms with Crippen LogP contribution < -0.4 is 0 Å². The van der Waals surface area contributed by atoms with E-state index in [1.54, 1.807) is 38.4 Å². The molecule has 0 bridgehead atoms. The molecule has 1 aromatic carbocycles. The van der Waals surface area contributed by atoms with Crippen LogP contribution >= 0.6 is 0 Å². The second-order valence-electron chi connectivity index (χ2n) is 6.74. The fourth-order valence-electron chi connectivity index (χ4n) is 3.57. The molecule has 2 aliphatic rings. The van der Waals surface area contributed by atoms with E-state index in [4.69, 9.17) is 0 Å². The molecule has 0 atom stereocenters. The standard InChI is InChI=1S/C17H22N2O4S/c1-18(2)24(22,23)13-9-7-12(8-10-13)11-19-16(20)14-5-3-4-6-15(14)17(19)21/h3-6,12-13H,7-11H2,1-2H3. The van der Waals surface area contributed by atoms with Gasteiger partial charge in [-0.05, 0) is 43.7 Å².